The number of carbonyl (C=O) groups is 3. The van der Waals surface area contributed by atoms with Gasteiger partial charge in [0.05, 0.1) is 13.2 Å². The number of carboxylic acids is 1. The van der Waals surface area contributed by atoms with E-state index in [1.54, 1.807) is 0 Å². The third-order valence-electron chi connectivity index (χ3n) is 2.33. The Labute approximate surface area is 133 Å². The third-order valence-corrected chi connectivity index (χ3v) is 2.33. The minimum atomic E-state index is -0.882. The molecule has 0 spiro atoms. The zero-order valence-corrected chi connectivity index (χ0v) is 13.1. The van der Waals surface area contributed by atoms with Crippen LogP contribution in [0.25, 0.3) is 0 Å². The predicted molar refractivity (Wildman–Crippen MR) is 75.8 cm³/mol. The van der Waals surface area contributed by atoms with Crippen LogP contribution in [0.4, 0.5) is 0 Å². The molecule has 0 amide bonds. The van der Waals surface area contributed by atoms with Crippen LogP contribution in [0.3, 0.4) is 0 Å². The number of aliphatic carboxylic acids is 1. The number of hydrogen-bond acceptors (Lipinski definition) is 8. The van der Waals surface area contributed by atoms with E-state index in [9.17, 15) is 14.4 Å². The van der Waals surface area contributed by atoms with Crippen molar-refractivity contribution in [2.75, 3.05) is 26.4 Å². The summed E-state index contributed by atoms with van der Waals surface area (Å²) in [5, 5.41) is 12.6. The van der Waals surface area contributed by atoms with Crippen molar-refractivity contribution >= 4 is 17.9 Å². The number of ether oxygens (including phenoxy) is 2. The highest BCUT2D eigenvalue weighted by atomic mass is 17.5. The topological polar surface area (TPSA) is 118 Å². The van der Waals surface area contributed by atoms with E-state index in [4.69, 9.17) is 14.6 Å². The molecule has 0 aliphatic heterocycles. The molecule has 0 unspecified atom stereocenters. The molecule has 0 aromatic carbocycles. The van der Waals surface area contributed by atoms with Crippen LogP contribution in [0.5, 0.6) is 0 Å². The zero-order chi connectivity index (χ0) is 17.5. The standard InChI is InChI=1S/C14H22O9/c1-11(2)14(18)22-23-21-10-8-19-7-9-20-13(17)6-4-3-5-12(15)16/h1,3-10H2,2H3,(H,15,16). The molecule has 0 heterocycles. The predicted octanol–water partition coefficient (Wildman–Crippen LogP) is 1.17. The largest absolute Gasteiger partial charge is 0.481 e. The molecule has 0 saturated heterocycles. The van der Waals surface area contributed by atoms with E-state index in [0.717, 1.165) is 0 Å². The lowest BCUT2D eigenvalue weighted by Gasteiger charge is -2.06. The Hall–Kier alpha value is -1.97. The highest BCUT2D eigenvalue weighted by molar-refractivity contribution is 5.86. The molecule has 0 aliphatic carbocycles. The molecule has 0 atom stereocenters. The first-order chi connectivity index (χ1) is 10.9. The van der Waals surface area contributed by atoms with Crippen LogP contribution in [0.15, 0.2) is 12.2 Å². The molecule has 1 N–H and O–H groups in total. The van der Waals surface area contributed by atoms with Gasteiger partial charge in [-0.1, -0.05) is 6.58 Å². The molecule has 0 bridgehead atoms. The average Bonchev–Trinajstić information content (AvgIpc) is 2.49. The van der Waals surface area contributed by atoms with Gasteiger partial charge in [-0.15, -0.1) is 0 Å². The van der Waals surface area contributed by atoms with Gasteiger partial charge in [-0.05, 0) is 24.8 Å². The summed E-state index contributed by atoms with van der Waals surface area (Å²) >= 11 is 0. The Morgan fingerprint density at radius 2 is 1.65 bits per heavy atom. The normalized spacial score (nSPS) is 10.1. The van der Waals surface area contributed by atoms with Crippen LogP contribution < -0.4 is 0 Å². The summed E-state index contributed by atoms with van der Waals surface area (Å²) in [7, 11) is 0. The summed E-state index contributed by atoms with van der Waals surface area (Å²) in [4.78, 5) is 41.1. The number of unbranched alkanes of at least 4 members (excludes halogenated alkanes) is 1. The molecule has 0 saturated carbocycles. The molecule has 9 nitrogen and oxygen atoms in total. The van der Waals surface area contributed by atoms with Crippen LogP contribution in [0.2, 0.25) is 0 Å². The first-order valence-corrected chi connectivity index (χ1v) is 7.04. The Morgan fingerprint density at radius 1 is 1.00 bits per heavy atom. The number of carboxylic acid groups (broad SMARTS) is 1. The first kappa shape index (κ1) is 21.0. The van der Waals surface area contributed by atoms with Crippen LogP contribution in [0, 0.1) is 0 Å². The van der Waals surface area contributed by atoms with E-state index in [1.807, 2.05) is 0 Å². The summed E-state index contributed by atoms with van der Waals surface area (Å²) in [5.74, 6) is -2.01. The van der Waals surface area contributed by atoms with Gasteiger partial charge in [-0.3, -0.25) is 14.5 Å². The number of carbonyl (C=O) groups excluding carboxylic acids is 2. The van der Waals surface area contributed by atoms with E-state index in [2.05, 4.69) is 21.4 Å². The van der Waals surface area contributed by atoms with E-state index in [1.165, 1.54) is 6.92 Å². The van der Waals surface area contributed by atoms with Gasteiger partial charge in [0, 0.05) is 18.4 Å². The minimum Gasteiger partial charge on any atom is -0.481 e. The second-order valence-electron chi connectivity index (χ2n) is 4.47. The van der Waals surface area contributed by atoms with Crippen molar-refractivity contribution in [3.05, 3.63) is 12.2 Å². The monoisotopic (exact) mass is 334 g/mol. The molecule has 0 rings (SSSR count). The van der Waals surface area contributed by atoms with Crippen molar-refractivity contribution < 1.29 is 43.8 Å². The molecule has 0 aromatic rings. The van der Waals surface area contributed by atoms with Crippen molar-refractivity contribution in [1.82, 2.24) is 0 Å². The lowest BCUT2D eigenvalue weighted by Crippen LogP contribution is -2.13. The summed E-state index contributed by atoms with van der Waals surface area (Å²) in [6.07, 6.45) is 1.13. The average molecular weight is 334 g/mol. The lowest BCUT2D eigenvalue weighted by atomic mass is 10.2. The maximum absolute atomic E-state index is 11.3. The summed E-state index contributed by atoms with van der Waals surface area (Å²) < 4.78 is 9.95. The summed E-state index contributed by atoms with van der Waals surface area (Å²) in [6, 6.07) is 0. The fourth-order valence-electron chi connectivity index (χ4n) is 1.19. The molecular weight excluding hydrogens is 312 g/mol. The van der Waals surface area contributed by atoms with Crippen LogP contribution in [-0.2, 0) is 38.7 Å². The molecule has 0 fully saturated rings. The van der Waals surface area contributed by atoms with Gasteiger partial charge in [0.15, 0.2) is 0 Å². The summed E-state index contributed by atoms with van der Waals surface area (Å²) in [5.41, 5.74) is 0.176. The smallest absolute Gasteiger partial charge is 0.371 e. The second kappa shape index (κ2) is 13.7. The van der Waals surface area contributed by atoms with Crippen molar-refractivity contribution in [2.45, 2.75) is 32.6 Å². The quantitative estimate of drug-likeness (QED) is 0.164. The molecule has 9 heteroatoms. The molecule has 23 heavy (non-hydrogen) atoms. The molecule has 0 aliphatic rings. The number of hydrogen-bond donors (Lipinski definition) is 1. The van der Waals surface area contributed by atoms with Crippen LogP contribution in [0.1, 0.15) is 32.6 Å². The Balaban J connectivity index is 3.29. The highest BCUT2D eigenvalue weighted by Gasteiger charge is 2.05. The zero-order valence-electron chi connectivity index (χ0n) is 13.1. The second-order valence-corrected chi connectivity index (χ2v) is 4.47. The molecule has 132 valence electrons. The van der Waals surface area contributed by atoms with Crippen molar-refractivity contribution in [3.63, 3.8) is 0 Å². The van der Waals surface area contributed by atoms with Crippen molar-refractivity contribution in [2.24, 2.45) is 0 Å². The molecular formula is C14H22O9. The highest BCUT2D eigenvalue weighted by Crippen LogP contribution is 2.01. The maximum Gasteiger partial charge on any atom is 0.371 e. The maximum atomic E-state index is 11.3. The van der Waals surface area contributed by atoms with Crippen molar-refractivity contribution in [1.29, 1.82) is 0 Å². The van der Waals surface area contributed by atoms with Gasteiger partial charge in [0.1, 0.15) is 13.2 Å². The minimum absolute atomic E-state index is 0.0204. The van der Waals surface area contributed by atoms with E-state index in [-0.39, 0.29) is 44.8 Å². The Morgan fingerprint density at radius 3 is 2.30 bits per heavy atom. The Bertz CT molecular complexity index is 392. The molecule has 0 radical (unpaired) electrons. The third kappa shape index (κ3) is 14.7. The van der Waals surface area contributed by atoms with Gasteiger partial charge < -0.3 is 14.6 Å². The van der Waals surface area contributed by atoms with E-state index < -0.39 is 17.9 Å². The SMILES string of the molecule is C=C(C)C(=O)OOOCCOCCOC(=O)CCCCC(=O)O. The Kier molecular flexibility index (Phi) is 12.5. The van der Waals surface area contributed by atoms with Crippen LogP contribution >= 0.6 is 0 Å². The fourth-order valence-corrected chi connectivity index (χ4v) is 1.19. The van der Waals surface area contributed by atoms with Gasteiger partial charge >= 0.3 is 17.9 Å². The van der Waals surface area contributed by atoms with Gasteiger partial charge in [0.25, 0.3) is 0 Å². The van der Waals surface area contributed by atoms with Gasteiger partial charge in [-0.25, -0.2) is 4.79 Å². The lowest BCUT2D eigenvalue weighted by molar-refractivity contribution is -0.486. The van der Waals surface area contributed by atoms with E-state index >= 15 is 0 Å². The summed E-state index contributed by atoms with van der Waals surface area (Å²) in [6.45, 7) is 5.24. The van der Waals surface area contributed by atoms with Crippen molar-refractivity contribution in [3.8, 4) is 0 Å². The number of esters is 1. The molecule has 0 aromatic heterocycles. The number of rotatable bonds is 14. The van der Waals surface area contributed by atoms with Gasteiger partial charge in [0.2, 0.25) is 0 Å². The fraction of sp³-hybridized carbons (Fsp3) is 0.643. The van der Waals surface area contributed by atoms with Crippen LogP contribution in [-0.4, -0.2) is 49.4 Å². The van der Waals surface area contributed by atoms with E-state index in [0.29, 0.717) is 12.8 Å². The first-order valence-electron chi connectivity index (χ1n) is 7.04. The van der Waals surface area contributed by atoms with Gasteiger partial charge in [-0.2, -0.15) is 4.89 Å².